The number of carbonyl (C=O) groups excluding carboxylic acids is 1. The molecule has 1 aromatic heterocycles. The van der Waals surface area contributed by atoms with Gasteiger partial charge in [-0.15, -0.1) is 5.10 Å². The highest BCUT2D eigenvalue weighted by Crippen LogP contribution is 2.37. The minimum atomic E-state index is -0.444. The Labute approximate surface area is 207 Å². The Kier molecular flexibility index (Phi) is 10.1. The average molecular weight is 485 g/mol. The van der Waals surface area contributed by atoms with Crippen LogP contribution in [0.15, 0.2) is 53.3 Å². The van der Waals surface area contributed by atoms with Gasteiger partial charge in [-0.25, -0.2) is 9.48 Å². The zero-order chi connectivity index (χ0) is 24.3. The molecule has 0 fully saturated rings. The molecule has 7 nitrogen and oxygen atoms in total. The van der Waals surface area contributed by atoms with E-state index in [0.29, 0.717) is 29.0 Å². The van der Waals surface area contributed by atoms with Crippen molar-refractivity contribution in [3.05, 3.63) is 53.8 Å². The Hall–Kier alpha value is -2.74. The van der Waals surface area contributed by atoms with Gasteiger partial charge in [0.15, 0.2) is 0 Å². The fourth-order valence-electron chi connectivity index (χ4n) is 3.75. The highest BCUT2D eigenvalue weighted by atomic mass is 32.2. The summed E-state index contributed by atoms with van der Waals surface area (Å²) >= 11 is 1.63. The third-order valence-corrected chi connectivity index (χ3v) is 6.50. The van der Waals surface area contributed by atoms with E-state index in [1.54, 1.807) is 22.5 Å². The molecule has 1 aliphatic heterocycles. The standard InChI is InChI=1S/C26H36N4O3S/c1-5-8-10-11-17-32-21-14-12-20(13-15-21)23-22(24(31)33-16-7-3)19(4)27-25-28-26(29-30(23)25)34-18-9-6-2/h7,12-15,23H,3,5-6,8-11,16-18H2,1-2,4H3,(H,27,28,29). The number of fused-ring (bicyclic) bond motifs is 1. The summed E-state index contributed by atoms with van der Waals surface area (Å²) in [5.74, 6) is 2.00. The average Bonchev–Trinajstić information content (AvgIpc) is 3.24. The maximum absolute atomic E-state index is 13.0. The Balaban J connectivity index is 1.86. The number of aromatic nitrogens is 3. The lowest BCUT2D eigenvalue weighted by molar-refractivity contribution is -0.138. The lowest BCUT2D eigenvalue weighted by Crippen LogP contribution is -2.29. The summed E-state index contributed by atoms with van der Waals surface area (Å²) in [6, 6.07) is 7.43. The first-order valence-electron chi connectivity index (χ1n) is 12.2. The second-order valence-corrected chi connectivity index (χ2v) is 9.36. The maximum atomic E-state index is 13.0. The molecule has 34 heavy (non-hydrogen) atoms. The third kappa shape index (κ3) is 6.65. The van der Waals surface area contributed by atoms with Crippen molar-refractivity contribution in [2.24, 2.45) is 0 Å². The first-order valence-corrected chi connectivity index (χ1v) is 13.2. The fraction of sp³-hybridized carbons (Fsp3) is 0.500. The molecule has 1 N–H and O–H groups in total. The van der Waals surface area contributed by atoms with Crippen LogP contribution in [0, 0.1) is 0 Å². The molecule has 3 rings (SSSR count). The van der Waals surface area contributed by atoms with Crippen molar-refractivity contribution in [1.82, 2.24) is 14.8 Å². The van der Waals surface area contributed by atoms with Crippen LogP contribution in [0.5, 0.6) is 5.75 Å². The number of anilines is 1. The van der Waals surface area contributed by atoms with E-state index in [2.05, 4.69) is 30.7 Å². The van der Waals surface area contributed by atoms with E-state index in [0.717, 1.165) is 36.3 Å². The van der Waals surface area contributed by atoms with Crippen molar-refractivity contribution in [1.29, 1.82) is 0 Å². The first-order chi connectivity index (χ1) is 16.6. The summed E-state index contributed by atoms with van der Waals surface area (Å²) in [5, 5.41) is 8.67. The van der Waals surface area contributed by atoms with Gasteiger partial charge in [-0.3, -0.25) is 0 Å². The molecule has 0 aliphatic carbocycles. The number of allylic oxidation sites excluding steroid dienone is 1. The number of nitrogens with zero attached hydrogens (tertiary/aromatic N) is 3. The van der Waals surface area contributed by atoms with E-state index < -0.39 is 12.0 Å². The molecule has 8 heteroatoms. The van der Waals surface area contributed by atoms with Crippen LogP contribution in [0.4, 0.5) is 5.95 Å². The van der Waals surface area contributed by atoms with Gasteiger partial charge in [0.1, 0.15) is 18.4 Å². The van der Waals surface area contributed by atoms with E-state index in [9.17, 15) is 4.79 Å². The van der Waals surface area contributed by atoms with E-state index in [-0.39, 0.29) is 6.61 Å². The smallest absolute Gasteiger partial charge is 0.338 e. The van der Waals surface area contributed by atoms with Gasteiger partial charge in [-0.05, 0) is 37.5 Å². The van der Waals surface area contributed by atoms with E-state index in [1.165, 1.54) is 19.3 Å². The monoisotopic (exact) mass is 484 g/mol. The van der Waals surface area contributed by atoms with Gasteiger partial charge in [0.05, 0.1) is 12.2 Å². The van der Waals surface area contributed by atoms with Crippen molar-refractivity contribution in [3.63, 3.8) is 0 Å². The Bertz CT molecular complexity index is 984. The van der Waals surface area contributed by atoms with Gasteiger partial charge in [0.25, 0.3) is 0 Å². The molecule has 1 atom stereocenters. The lowest BCUT2D eigenvalue weighted by atomic mass is 9.96. The van der Waals surface area contributed by atoms with Crippen molar-refractivity contribution in [3.8, 4) is 5.75 Å². The molecule has 0 radical (unpaired) electrons. The van der Waals surface area contributed by atoms with Gasteiger partial charge in [0.2, 0.25) is 11.1 Å². The zero-order valence-corrected chi connectivity index (χ0v) is 21.3. The van der Waals surface area contributed by atoms with Crippen molar-refractivity contribution in [2.75, 3.05) is 24.3 Å². The minimum absolute atomic E-state index is 0.148. The maximum Gasteiger partial charge on any atom is 0.338 e. The SMILES string of the molecule is C=CCOC(=O)C1=C(C)Nc2nc(SCCCC)nn2C1c1ccc(OCCCCCC)cc1. The predicted molar refractivity (Wildman–Crippen MR) is 137 cm³/mol. The molecular formula is C26H36N4O3S. The number of ether oxygens (including phenoxy) is 2. The van der Waals surface area contributed by atoms with Gasteiger partial charge < -0.3 is 14.8 Å². The van der Waals surface area contributed by atoms with Crippen molar-refractivity contribution >= 4 is 23.7 Å². The third-order valence-electron chi connectivity index (χ3n) is 5.58. The lowest BCUT2D eigenvalue weighted by Gasteiger charge is -2.28. The second-order valence-electron chi connectivity index (χ2n) is 8.30. The summed E-state index contributed by atoms with van der Waals surface area (Å²) in [7, 11) is 0. The van der Waals surface area contributed by atoms with Crippen LogP contribution in [0.2, 0.25) is 0 Å². The van der Waals surface area contributed by atoms with E-state index >= 15 is 0 Å². The molecule has 1 aromatic carbocycles. The molecule has 2 heterocycles. The van der Waals surface area contributed by atoms with Gasteiger partial charge in [-0.1, -0.05) is 76.1 Å². The van der Waals surface area contributed by atoms with Crippen LogP contribution >= 0.6 is 11.8 Å². The second kappa shape index (κ2) is 13.2. The highest BCUT2D eigenvalue weighted by Gasteiger charge is 2.35. The number of thioether (sulfide) groups is 1. The summed E-state index contributed by atoms with van der Waals surface area (Å²) in [5.41, 5.74) is 2.14. The summed E-state index contributed by atoms with van der Waals surface area (Å²) in [4.78, 5) is 17.7. The van der Waals surface area contributed by atoms with Crippen LogP contribution in [-0.4, -0.2) is 39.7 Å². The topological polar surface area (TPSA) is 78.3 Å². The molecular weight excluding hydrogens is 448 g/mol. The zero-order valence-electron chi connectivity index (χ0n) is 20.5. The fourth-order valence-corrected chi connectivity index (χ4v) is 4.66. The summed E-state index contributed by atoms with van der Waals surface area (Å²) < 4.78 is 13.1. The normalized spacial score (nSPS) is 15.0. The van der Waals surface area contributed by atoms with Crippen LogP contribution in [-0.2, 0) is 9.53 Å². The van der Waals surface area contributed by atoms with E-state index in [1.807, 2.05) is 31.2 Å². The van der Waals surface area contributed by atoms with Crippen LogP contribution in [0.3, 0.4) is 0 Å². The molecule has 0 amide bonds. The number of unbranched alkanes of at least 4 members (excludes halogenated alkanes) is 4. The number of nitrogens with one attached hydrogen (secondary N) is 1. The highest BCUT2D eigenvalue weighted by molar-refractivity contribution is 7.99. The quantitative estimate of drug-likeness (QED) is 0.149. The van der Waals surface area contributed by atoms with E-state index in [4.69, 9.17) is 14.6 Å². The number of hydrogen-bond donors (Lipinski definition) is 1. The van der Waals surface area contributed by atoms with Crippen molar-refractivity contribution < 1.29 is 14.3 Å². The molecule has 1 aliphatic rings. The summed E-state index contributed by atoms with van der Waals surface area (Å²) in [6.45, 7) is 10.7. The van der Waals surface area contributed by atoms with Crippen LogP contribution in [0.1, 0.15) is 70.9 Å². The number of esters is 1. The number of carbonyl (C=O) groups is 1. The molecule has 0 saturated carbocycles. The molecule has 0 saturated heterocycles. The predicted octanol–water partition coefficient (Wildman–Crippen LogP) is 6.15. The minimum Gasteiger partial charge on any atom is -0.494 e. The largest absolute Gasteiger partial charge is 0.494 e. The number of benzene rings is 1. The molecule has 1 unspecified atom stereocenters. The summed E-state index contributed by atoms with van der Waals surface area (Å²) in [6.07, 6.45) is 8.45. The Morgan fingerprint density at radius 3 is 2.65 bits per heavy atom. The van der Waals surface area contributed by atoms with Gasteiger partial charge in [0, 0.05) is 11.4 Å². The van der Waals surface area contributed by atoms with Crippen LogP contribution < -0.4 is 10.1 Å². The Morgan fingerprint density at radius 2 is 1.94 bits per heavy atom. The van der Waals surface area contributed by atoms with Crippen molar-refractivity contribution in [2.45, 2.75) is 70.5 Å². The molecule has 0 bridgehead atoms. The Morgan fingerprint density at radius 1 is 1.18 bits per heavy atom. The van der Waals surface area contributed by atoms with Crippen LogP contribution in [0.25, 0.3) is 0 Å². The number of rotatable bonds is 14. The van der Waals surface area contributed by atoms with Gasteiger partial charge in [-0.2, -0.15) is 4.98 Å². The first kappa shape index (κ1) is 25.9. The molecule has 2 aromatic rings. The molecule has 184 valence electrons. The van der Waals surface area contributed by atoms with Gasteiger partial charge >= 0.3 is 5.97 Å². The number of hydrogen-bond acceptors (Lipinski definition) is 7. The molecule has 0 spiro atoms.